The number of rotatable bonds is 7. The Morgan fingerprint density at radius 1 is 0.438 bits per heavy atom. The predicted octanol–water partition coefficient (Wildman–Crippen LogP) is 5.22. The van der Waals surface area contributed by atoms with Crippen LogP contribution < -0.4 is 10.6 Å². The minimum atomic E-state index is -2.42. The van der Waals surface area contributed by atoms with Gasteiger partial charge in [0.2, 0.25) is 23.4 Å². The molecule has 2 amide bonds. The summed E-state index contributed by atoms with van der Waals surface area (Å²) in [5.74, 6) is -25.4. The summed E-state index contributed by atoms with van der Waals surface area (Å²) in [5.41, 5.74) is -3.15. The largest absolute Gasteiger partial charge is 0.321 e. The molecule has 2 rings (SSSR count). The summed E-state index contributed by atoms with van der Waals surface area (Å²) in [6.07, 6.45) is -1.58. The molecule has 0 bridgehead atoms. The van der Waals surface area contributed by atoms with E-state index in [1.807, 2.05) is 0 Å². The first-order valence-corrected chi connectivity index (χ1v) is 8.51. The maximum atomic E-state index is 13.5. The van der Waals surface area contributed by atoms with Gasteiger partial charge in [-0.05, 0) is 12.8 Å². The maximum absolute atomic E-state index is 13.5. The highest BCUT2D eigenvalue weighted by atomic mass is 19.2. The molecule has 32 heavy (non-hydrogen) atoms. The van der Waals surface area contributed by atoms with Crippen LogP contribution in [-0.4, -0.2) is 11.8 Å². The van der Waals surface area contributed by atoms with Crippen molar-refractivity contribution in [2.45, 2.75) is 25.7 Å². The van der Waals surface area contributed by atoms with Gasteiger partial charge in [-0.15, -0.1) is 0 Å². The van der Waals surface area contributed by atoms with Gasteiger partial charge in [0.1, 0.15) is 11.4 Å². The lowest BCUT2D eigenvalue weighted by Crippen LogP contribution is -2.18. The van der Waals surface area contributed by atoms with Gasteiger partial charge in [-0.1, -0.05) is 0 Å². The first-order valence-electron chi connectivity index (χ1n) is 8.51. The standard InChI is InChI=1S/C18H10F10N2O2/c19-7-9(21)13(25)17(14(26)10(7)22)29-5(31)3-1-2-4-6(32)30-18-15(27)11(23)8(20)12(24)16(18)28/h1-4H2,(H,29,31)(H,30,32). The normalized spacial score (nSPS) is 10.9. The monoisotopic (exact) mass is 476 g/mol. The smallest absolute Gasteiger partial charge is 0.224 e. The number of halogens is 10. The summed E-state index contributed by atoms with van der Waals surface area (Å²) >= 11 is 0. The first-order chi connectivity index (χ1) is 14.9. The van der Waals surface area contributed by atoms with Crippen molar-refractivity contribution in [2.75, 3.05) is 10.6 Å². The van der Waals surface area contributed by atoms with E-state index in [9.17, 15) is 53.5 Å². The van der Waals surface area contributed by atoms with E-state index in [0.29, 0.717) is 0 Å². The zero-order valence-corrected chi connectivity index (χ0v) is 15.4. The van der Waals surface area contributed by atoms with Crippen molar-refractivity contribution < 1.29 is 53.5 Å². The van der Waals surface area contributed by atoms with Crippen molar-refractivity contribution >= 4 is 23.2 Å². The molecule has 0 aromatic heterocycles. The van der Waals surface area contributed by atoms with Gasteiger partial charge >= 0.3 is 0 Å². The molecule has 2 aromatic carbocycles. The molecule has 0 saturated heterocycles. The number of carbonyl (C=O) groups excluding carboxylic acids is 2. The fraction of sp³-hybridized carbons (Fsp3) is 0.222. The molecule has 4 nitrogen and oxygen atoms in total. The zero-order chi connectivity index (χ0) is 24.3. The number of benzene rings is 2. The van der Waals surface area contributed by atoms with Crippen molar-refractivity contribution in [1.82, 2.24) is 0 Å². The zero-order valence-electron chi connectivity index (χ0n) is 15.4. The van der Waals surface area contributed by atoms with Gasteiger partial charge in [0.25, 0.3) is 0 Å². The van der Waals surface area contributed by atoms with E-state index < -0.39 is 94.2 Å². The summed E-state index contributed by atoms with van der Waals surface area (Å²) in [4.78, 5) is 23.3. The second-order valence-corrected chi connectivity index (χ2v) is 6.19. The molecule has 0 spiro atoms. The number of anilines is 2. The topological polar surface area (TPSA) is 58.2 Å². The quantitative estimate of drug-likeness (QED) is 0.249. The highest BCUT2D eigenvalue weighted by Gasteiger charge is 2.28. The molecule has 0 aliphatic heterocycles. The lowest BCUT2D eigenvalue weighted by Gasteiger charge is -2.10. The number of hydrogen-bond acceptors (Lipinski definition) is 2. The lowest BCUT2D eigenvalue weighted by molar-refractivity contribution is -0.118. The van der Waals surface area contributed by atoms with Crippen LogP contribution in [0, 0.1) is 58.2 Å². The van der Waals surface area contributed by atoms with Crippen molar-refractivity contribution in [3.05, 3.63) is 58.2 Å². The Bertz CT molecular complexity index is 947. The first kappa shape index (κ1) is 24.9. The van der Waals surface area contributed by atoms with Gasteiger partial charge in [0.15, 0.2) is 46.5 Å². The van der Waals surface area contributed by atoms with E-state index in [1.54, 1.807) is 0 Å². The van der Waals surface area contributed by atoms with Gasteiger partial charge in [0.05, 0.1) is 0 Å². The average Bonchev–Trinajstić information content (AvgIpc) is 2.77. The highest BCUT2D eigenvalue weighted by Crippen LogP contribution is 2.28. The Balaban J connectivity index is 1.91. The fourth-order valence-corrected chi connectivity index (χ4v) is 2.40. The molecule has 174 valence electrons. The van der Waals surface area contributed by atoms with Crippen LogP contribution in [0.15, 0.2) is 0 Å². The van der Waals surface area contributed by atoms with Crippen molar-refractivity contribution in [1.29, 1.82) is 0 Å². The molecule has 0 heterocycles. The Hall–Kier alpha value is -3.32. The average molecular weight is 476 g/mol. The Labute approximate surface area is 172 Å². The number of amides is 2. The predicted molar refractivity (Wildman–Crippen MR) is 88.2 cm³/mol. The van der Waals surface area contributed by atoms with Crippen LogP contribution >= 0.6 is 0 Å². The van der Waals surface area contributed by atoms with E-state index >= 15 is 0 Å². The van der Waals surface area contributed by atoms with Crippen LogP contribution in [0.2, 0.25) is 0 Å². The molecule has 2 aromatic rings. The summed E-state index contributed by atoms with van der Waals surface area (Å²) in [7, 11) is 0. The van der Waals surface area contributed by atoms with Crippen molar-refractivity contribution in [3.8, 4) is 0 Å². The number of carbonyl (C=O) groups is 2. The number of unbranched alkanes of at least 4 members (excludes halogenated alkanes) is 1. The van der Waals surface area contributed by atoms with E-state index in [4.69, 9.17) is 0 Å². The van der Waals surface area contributed by atoms with Crippen molar-refractivity contribution in [3.63, 3.8) is 0 Å². The van der Waals surface area contributed by atoms with Crippen LogP contribution in [-0.2, 0) is 9.59 Å². The van der Waals surface area contributed by atoms with Gasteiger partial charge < -0.3 is 10.6 Å². The summed E-state index contributed by atoms with van der Waals surface area (Å²) < 4.78 is 132. The molecular weight excluding hydrogens is 466 g/mol. The molecule has 0 aliphatic carbocycles. The minimum absolute atomic E-state index is 0.217. The summed E-state index contributed by atoms with van der Waals surface area (Å²) in [6, 6.07) is 0. The van der Waals surface area contributed by atoms with Crippen LogP contribution in [0.3, 0.4) is 0 Å². The molecule has 0 aliphatic rings. The Morgan fingerprint density at radius 2 is 0.656 bits per heavy atom. The lowest BCUT2D eigenvalue weighted by atomic mass is 10.1. The summed E-state index contributed by atoms with van der Waals surface area (Å²) in [6.45, 7) is 0. The van der Waals surface area contributed by atoms with Gasteiger partial charge in [-0.3, -0.25) is 9.59 Å². The molecule has 2 N–H and O–H groups in total. The third-order valence-corrected chi connectivity index (χ3v) is 4.01. The fourth-order valence-electron chi connectivity index (χ4n) is 2.40. The molecule has 0 saturated carbocycles. The molecule has 14 heteroatoms. The maximum Gasteiger partial charge on any atom is 0.224 e. The van der Waals surface area contributed by atoms with Crippen molar-refractivity contribution in [2.24, 2.45) is 0 Å². The second-order valence-electron chi connectivity index (χ2n) is 6.19. The molecular formula is C18H10F10N2O2. The van der Waals surface area contributed by atoms with Gasteiger partial charge in [0, 0.05) is 12.8 Å². The van der Waals surface area contributed by atoms with E-state index in [2.05, 4.69) is 0 Å². The molecule has 0 unspecified atom stereocenters. The highest BCUT2D eigenvalue weighted by molar-refractivity contribution is 5.92. The van der Waals surface area contributed by atoms with Crippen LogP contribution in [0.1, 0.15) is 25.7 Å². The van der Waals surface area contributed by atoms with E-state index in [0.717, 1.165) is 0 Å². The third-order valence-electron chi connectivity index (χ3n) is 4.01. The van der Waals surface area contributed by atoms with Gasteiger partial charge in [-0.2, -0.15) is 0 Å². The second kappa shape index (κ2) is 9.87. The summed E-state index contributed by atoms with van der Waals surface area (Å²) in [5, 5.41) is 2.99. The number of nitrogens with one attached hydrogen (secondary N) is 2. The third kappa shape index (κ3) is 4.94. The molecule has 0 atom stereocenters. The Morgan fingerprint density at radius 3 is 0.906 bits per heavy atom. The molecule has 0 radical (unpaired) electrons. The van der Waals surface area contributed by atoms with E-state index in [1.165, 1.54) is 10.6 Å². The minimum Gasteiger partial charge on any atom is -0.321 e. The Kier molecular flexibility index (Phi) is 7.69. The van der Waals surface area contributed by atoms with Crippen LogP contribution in [0.25, 0.3) is 0 Å². The van der Waals surface area contributed by atoms with Crippen LogP contribution in [0.4, 0.5) is 55.3 Å². The number of hydrogen-bond donors (Lipinski definition) is 2. The van der Waals surface area contributed by atoms with Gasteiger partial charge in [-0.25, -0.2) is 43.9 Å². The van der Waals surface area contributed by atoms with Crippen LogP contribution in [0.5, 0.6) is 0 Å². The molecule has 0 fully saturated rings. The SMILES string of the molecule is O=C(CCCCC(=O)Nc1c(F)c(F)c(F)c(F)c1F)Nc1c(F)c(F)c(F)c(F)c1F. The van der Waals surface area contributed by atoms with E-state index in [-0.39, 0.29) is 12.8 Å².